The van der Waals surface area contributed by atoms with Gasteiger partial charge >= 0.3 is 6.03 Å². The lowest BCUT2D eigenvalue weighted by Crippen LogP contribution is -2.36. The average Bonchev–Trinajstić information content (AvgIpc) is 2.14. The van der Waals surface area contributed by atoms with Crippen LogP contribution in [-0.4, -0.2) is 13.1 Å². The highest BCUT2D eigenvalue weighted by molar-refractivity contribution is 6.30. The van der Waals surface area contributed by atoms with E-state index in [-0.39, 0.29) is 6.03 Å². The SMILES string of the molecule is CNC(=O)NNc1cccc(Cl)c1. The fraction of sp³-hybridized carbons (Fsp3) is 0.125. The molecule has 0 aliphatic rings. The van der Waals surface area contributed by atoms with Crippen molar-refractivity contribution in [1.29, 1.82) is 0 Å². The Bertz CT molecular complexity index is 303. The molecule has 3 N–H and O–H groups in total. The molecule has 0 spiro atoms. The Morgan fingerprint density at radius 3 is 2.85 bits per heavy atom. The van der Waals surface area contributed by atoms with Gasteiger partial charge in [0.15, 0.2) is 0 Å². The summed E-state index contributed by atoms with van der Waals surface area (Å²) >= 11 is 5.73. The highest BCUT2D eigenvalue weighted by Crippen LogP contribution is 2.13. The summed E-state index contributed by atoms with van der Waals surface area (Å²) in [5.74, 6) is 0. The molecule has 1 aromatic rings. The van der Waals surface area contributed by atoms with E-state index in [4.69, 9.17) is 11.6 Å². The van der Waals surface area contributed by atoms with Gasteiger partial charge in [0.05, 0.1) is 5.69 Å². The van der Waals surface area contributed by atoms with Crippen molar-refractivity contribution in [1.82, 2.24) is 10.7 Å². The molecule has 0 fully saturated rings. The summed E-state index contributed by atoms with van der Waals surface area (Å²) in [6.45, 7) is 0. The van der Waals surface area contributed by atoms with Crippen LogP contribution in [-0.2, 0) is 0 Å². The van der Waals surface area contributed by atoms with E-state index >= 15 is 0 Å². The third kappa shape index (κ3) is 3.21. The summed E-state index contributed by atoms with van der Waals surface area (Å²) in [6, 6.07) is 6.74. The second-order valence-electron chi connectivity index (χ2n) is 2.34. The number of halogens is 1. The fourth-order valence-electron chi connectivity index (χ4n) is 0.758. The summed E-state index contributed by atoms with van der Waals surface area (Å²) < 4.78 is 0. The normalized spacial score (nSPS) is 9.08. The highest BCUT2D eigenvalue weighted by Gasteiger charge is 1.95. The van der Waals surface area contributed by atoms with Gasteiger partial charge < -0.3 is 5.32 Å². The number of rotatable bonds is 2. The molecular formula is C8H10ClN3O. The largest absolute Gasteiger partial charge is 0.340 e. The van der Waals surface area contributed by atoms with Gasteiger partial charge in [0.1, 0.15) is 0 Å². The van der Waals surface area contributed by atoms with Crippen molar-refractivity contribution in [2.75, 3.05) is 12.5 Å². The highest BCUT2D eigenvalue weighted by atomic mass is 35.5. The molecule has 0 saturated heterocycles. The van der Waals surface area contributed by atoms with Gasteiger partial charge in [0.2, 0.25) is 0 Å². The van der Waals surface area contributed by atoms with E-state index in [0.29, 0.717) is 5.02 Å². The molecule has 0 aromatic heterocycles. The molecule has 0 radical (unpaired) electrons. The number of hydrazine groups is 1. The van der Waals surface area contributed by atoms with Crippen molar-refractivity contribution in [3.8, 4) is 0 Å². The van der Waals surface area contributed by atoms with Crippen LogP contribution in [0.3, 0.4) is 0 Å². The van der Waals surface area contributed by atoms with Gasteiger partial charge in [-0.15, -0.1) is 0 Å². The van der Waals surface area contributed by atoms with Gasteiger partial charge in [0.25, 0.3) is 0 Å². The number of nitrogens with one attached hydrogen (secondary N) is 3. The van der Waals surface area contributed by atoms with E-state index in [1.165, 1.54) is 7.05 Å². The van der Waals surface area contributed by atoms with Crippen LogP contribution in [0.15, 0.2) is 24.3 Å². The summed E-state index contributed by atoms with van der Waals surface area (Å²) in [6.07, 6.45) is 0. The smallest absolute Gasteiger partial charge is 0.333 e. The number of anilines is 1. The van der Waals surface area contributed by atoms with Crippen LogP contribution in [0.25, 0.3) is 0 Å². The van der Waals surface area contributed by atoms with Crippen molar-refractivity contribution < 1.29 is 4.79 Å². The quantitative estimate of drug-likeness (QED) is 0.634. The van der Waals surface area contributed by atoms with Crippen LogP contribution >= 0.6 is 11.6 Å². The lowest BCUT2D eigenvalue weighted by molar-refractivity contribution is 0.245. The topological polar surface area (TPSA) is 53.2 Å². The van der Waals surface area contributed by atoms with Gasteiger partial charge in [0, 0.05) is 12.1 Å². The number of carbonyl (C=O) groups excluding carboxylic acids is 1. The molecule has 13 heavy (non-hydrogen) atoms. The standard InChI is InChI=1S/C8H10ClN3O/c1-10-8(13)12-11-7-4-2-3-6(9)5-7/h2-5,11H,1H3,(H2,10,12,13). The summed E-state index contributed by atoms with van der Waals surface area (Å²) in [5.41, 5.74) is 5.84. The lowest BCUT2D eigenvalue weighted by Gasteiger charge is -2.07. The summed E-state index contributed by atoms with van der Waals surface area (Å²) in [7, 11) is 1.54. The Labute approximate surface area is 81.2 Å². The van der Waals surface area contributed by atoms with E-state index in [1.807, 2.05) is 0 Å². The summed E-state index contributed by atoms with van der Waals surface area (Å²) in [5, 5.41) is 3.02. The first-order valence-corrected chi connectivity index (χ1v) is 4.09. The van der Waals surface area contributed by atoms with Gasteiger partial charge in [-0.05, 0) is 18.2 Å². The Morgan fingerprint density at radius 2 is 2.23 bits per heavy atom. The predicted octanol–water partition coefficient (Wildman–Crippen LogP) is 1.60. The number of hydrogen-bond acceptors (Lipinski definition) is 2. The van der Waals surface area contributed by atoms with Crippen LogP contribution in [0, 0.1) is 0 Å². The van der Waals surface area contributed by atoms with E-state index in [9.17, 15) is 4.79 Å². The molecule has 2 amide bonds. The van der Waals surface area contributed by atoms with Crippen LogP contribution in [0.1, 0.15) is 0 Å². The number of urea groups is 1. The van der Waals surface area contributed by atoms with E-state index in [0.717, 1.165) is 5.69 Å². The molecule has 0 saturated carbocycles. The van der Waals surface area contributed by atoms with Crippen LogP contribution in [0.5, 0.6) is 0 Å². The van der Waals surface area contributed by atoms with Gasteiger partial charge in [-0.3, -0.25) is 10.9 Å². The van der Waals surface area contributed by atoms with Gasteiger partial charge in [-0.1, -0.05) is 17.7 Å². The lowest BCUT2D eigenvalue weighted by atomic mass is 10.3. The molecule has 1 rings (SSSR count). The van der Waals surface area contributed by atoms with Gasteiger partial charge in [-0.25, -0.2) is 4.79 Å². The Morgan fingerprint density at radius 1 is 1.46 bits per heavy atom. The zero-order chi connectivity index (χ0) is 9.68. The average molecular weight is 200 g/mol. The number of carbonyl (C=O) groups is 1. The number of hydrogen-bond donors (Lipinski definition) is 3. The van der Waals surface area contributed by atoms with E-state index in [2.05, 4.69) is 16.2 Å². The summed E-state index contributed by atoms with van der Waals surface area (Å²) in [4.78, 5) is 10.8. The third-order valence-corrected chi connectivity index (χ3v) is 1.61. The van der Waals surface area contributed by atoms with Crippen molar-refractivity contribution in [3.05, 3.63) is 29.3 Å². The van der Waals surface area contributed by atoms with Crippen LogP contribution in [0.2, 0.25) is 5.02 Å². The maximum atomic E-state index is 10.8. The molecule has 0 bridgehead atoms. The van der Waals surface area contributed by atoms with E-state index < -0.39 is 0 Å². The molecule has 1 aromatic carbocycles. The maximum Gasteiger partial charge on any atom is 0.333 e. The molecular weight excluding hydrogens is 190 g/mol. The minimum absolute atomic E-state index is 0.306. The first kappa shape index (κ1) is 9.67. The first-order valence-electron chi connectivity index (χ1n) is 3.71. The first-order chi connectivity index (χ1) is 6.22. The fourth-order valence-corrected chi connectivity index (χ4v) is 0.948. The Kier molecular flexibility index (Phi) is 3.40. The Hall–Kier alpha value is -1.42. The molecule has 0 heterocycles. The van der Waals surface area contributed by atoms with Gasteiger partial charge in [-0.2, -0.15) is 0 Å². The minimum atomic E-state index is -0.306. The monoisotopic (exact) mass is 199 g/mol. The molecule has 0 atom stereocenters. The van der Waals surface area contributed by atoms with Crippen LogP contribution in [0.4, 0.5) is 10.5 Å². The Balaban J connectivity index is 2.50. The zero-order valence-electron chi connectivity index (χ0n) is 7.10. The van der Waals surface area contributed by atoms with Crippen molar-refractivity contribution in [3.63, 3.8) is 0 Å². The molecule has 0 aliphatic carbocycles. The molecule has 4 nitrogen and oxygen atoms in total. The maximum absolute atomic E-state index is 10.8. The van der Waals surface area contributed by atoms with Crippen molar-refractivity contribution >= 4 is 23.3 Å². The second kappa shape index (κ2) is 4.57. The van der Waals surface area contributed by atoms with Crippen molar-refractivity contribution in [2.24, 2.45) is 0 Å². The molecule has 70 valence electrons. The van der Waals surface area contributed by atoms with Crippen LogP contribution < -0.4 is 16.2 Å². The molecule has 5 heteroatoms. The second-order valence-corrected chi connectivity index (χ2v) is 2.78. The molecule has 0 unspecified atom stereocenters. The van der Waals surface area contributed by atoms with Crippen molar-refractivity contribution in [2.45, 2.75) is 0 Å². The number of amides is 2. The zero-order valence-corrected chi connectivity index (χ0v) is 7.85. The molecule has 0 aliphatic heterocycles. The number of benzene rings is 1. The predicted molar refractivity (Wildman–Crippen MR) is 52.7 cm³/mol. The minimum Gasteiger partial charge on any atom is -0.340 e. The third-order valence-electron chi connectivity index (χ3n) is 1.37. The van der Waals surface area contributed by atoms with E-state index in [1.54, 1.807) is 24.3 Å².